The summed E-state index contributed by atoms with van der Waals surface area (Å²) >= 11 is 1.27. The summed E-state index contributed by atoms with van der Waals surface area (Å²) in [6.07, 6.45) is 0. The van der Waals surface area contributed by atoms with Crippen molar-refractivity contribution in [3.63, 3.8) is 0 Å². The molecule has 0 aliphatic carbocycles. The Labute approximate surface area is 169 Å². The normalized spacial score (nSPS) is 13.0. The molecule has 2 aromatic carbocycles. The van der Waals surface area contributed by atoms with Gasteiger partial charge in [-0.05, 0) is 18.6 Å². The molecule has 0 spiro atoms. The van der Waals surface area contributed by atoms with Crippen molar-refractivity contribution >= 4 is 33.4 Å². The number of hydrogen-bond acceptors (Lipinski definition) is 7. The molecule has 1 amide bonds. The number of nitrogens with zero attached hydrogens (tertiary/aromatic N) is 2. The van der Waals surface area contributed by atoms with Crippen LogP contribution in [-0.2, 0) is 20.9 Å². The Balaban J connectivity index is 1.67. The number of carbonyl (C=O) groups excluding carboxylic acids is 2. The summed E-state index contributed by atoms with van der Waals surface area (Å²) in [6, 6.07) is 11.0. The van der Waals surface area contributed by atoms with Crippen molar-refractivity contribution in [2.45, 2.75) is 13.5 Å². The largest absolute Gasteiger partial charge is 0.483 e. The maximum Gasteiger partial charge on any atom is 0.325 e. The summed E-state index contributed by atoms with van der Waals surface area (Å²) < 4.78 is 23.6. The van der Waals surface area contributed by atoms with Gasteiger partial charge < -0.3 is 23.5 Å². The van der Waals surface area contributed by atoms with Crippen molar-refractivity contribution in [3.05, 3.63) is 46.8 Å². The van der Waals surface area contributed by atoms with Gasteiger partial charge in [0.05, 0.1) is 17.3 Å². The zero-order chi connectivity index (χ0) is 20.4. The second-order valence-corrected chi connectivity index (χ2v) is 7.29. The van der Waals surface area contributed by atoms with Crippen LogP contribution in [0.2, 0.25) is 0 Å². The lowest BCUT2D eigenvalue weighted by molar-refractivity contribution is -0.141. The second kappa shape index (κ2) is 7.96. The van der Waals surface area contributed by atoms with Crippen LogP contribution >= 0.6 is 11.3 Å². The minimum absolute atomic E-state index is 0.0824. The van der Waals surface area contributed by atoms with Gasteiger partial charge in [-0.3, -0.25) is 9.59 Å². The van der Waals surface area contributed by atoms with Gasteiger partial charge in [0.1, 0.15) is 12.3 Å². The van der Waals surface area contributed by atoms with Crippen molar-refractivity contribution in [1.29, 1.82) is 0 Å². The van der Waals surface area contributed by atoms with Gasteiger partial charge in [-0.25, -0.2) is 0 Å². The van der Waals surface area contributed by atoms with Gasteiger partial charge in [0, 0.05) is 12.1 Å². The van der Waals surface area contributed by atoms with E-state index in [0.717, 1.165) is 10.3 Å². The minimum Gasteiger partial charge on any atom is -0.483 e. The first kappa shape index (κ1) is 19.0. The highest BCUT2D eigenvalue weighted by Gasteiger charge is 2.19. The van der Waals surface area contributed by atoms with Crippen molar-refractivity contribution in [3.8, 4) is 17.2 Å². The summed E-state index contributed by atoms with van der Waals surface area (Å²) in [6.45, 7) is 1.76. The van der Waals surface area contributed by atoms with Gasteiger partial charge in [0.25, 0.3) is 5.91 Å². The molecule has 8 nitrogen and oxygen atoms in total. The Morgan fingerprint density at radius 2 is 1.97 bits per heavy atom. The third-order valence-corrected chi connectivity index (χ3v) is 5.40. The number of para-hydroxylation sites is 1. The average molecular weight is 414 g/mol. The van der Waals surface area contributed by atoms with E-state index in [9.17, 15) is 9.59 Å². The van der Waals surface area contributed by atoms with Gasteiger partial charge >= 0.3 is 5.97 Å². The molecule has 3 aromatic rings. The fraction of sp³-hybridized carbons (Fsp3) is 0.250. The number of aryl methyl sites for hydroxylation is 1. The third kappa shape index (κ3) is 3.95. The molecule has 0 atom stereocenters. The third-order valence-electron chi connectivity index (χ3n) is 4.36. The van der Waals surface area contributed by atoms with Crippen LogP contribution in [0.25, 0.3) is 10.2 Å². The van der Waals surface area contributed by atoms with Gasteiger partial charge in [-0.15, -0.1) is 0 Å². The number of methoxy groups -OCH3 is 1. The topological polar surface area (TPSA) is 88.4 Å². The number of amides is 1. The van der Waals surface area contributed by atoms with Crippen molar-refractivity contribution in [2.24, 2.45) is 4.99 Å². The predicted molar refractivity (Wildman–Crippen MR) is 105 cm³/mol. The van der Waals surface area contributed by atoms with E-state index in [0.29, 0.717) is 27.6 Å². The Bertz CT molecular complexity index is 1160. The number of aromatic nitrogens is 1. The van der Waals surface area contributed by atoms with E-state index < -0.39 is 11.9 Å². The smallest absolute Gasteiger partial charge is 0.325 e. The Hall–Kier alpha value is -3.33. The van der Waals surface area contributed by atoms with Crippen LogP contribution in [0.4, 0.5) is 0 Å². The van der Waals surface area contributed by atoms with E-state index in [4.69, 9.17) is 18.9 Å². The molecule has 0 fully saturated rings. The molecule has 0 radical (unpaired) electrons. The van der Waals surface area contributed by atoms with Crippen LogP contribution in [0, 0.1) is 6.92 Å². The molecule has 0 unspecified atom stereocenters. The van der Waals surface area contributed by atoms with Gasteiger partial charge in [-0.1, -0.05) is 29.5 Å². The summed E-state index contributed by atoms with van der Waals surface area (Å²) in [5.41, 5.74) is 1.63. The minimum atomic E-state index is -0.460. The summed E-state index contributed by atoms with van der Waals surface area (Å²) in [5, 5.41) is 0. The average Bonchev–Trinajstić information content (AvgIpc) is 3.29. The van der Waals surface area contributed by atoms with Crippen LogP contribution in [0.3, 0.4) is 0 Å². The lowest BCUT2D eigenvalue weighted by atomic mass is 10.2. The molecule has 0 bridgehead atoms. The number of thiazole rings is 1. The highest BCUT2D eigenvalue weighted by Crippen LogP contribution is 2.37. The van der Waals surface area contributed by atoms with Crippen LogP contribution in [-0.4, -0.2) is 37.0 Å². The molecule has 29 heavy (non-hydrogen) atoms. The van der Waals surface area contributed by atoms with Crippen LogP contribution in [0.1, 0.15) is 5.56 Å². The fourth-order valence-electron chi connectivity index (χ4n) is 2.89. The lowest BCUT2D eigenvalue weighted by Crippen LogP contribution is -2.23. The van der Waals surface area contributed by atoms with Crippen molar-refractivity contribution in [1.82, 2.24) is 4.57 Å². The summed E-state index contributed by atoms with van der Waals surface area (Å²) in [4.78, 5) is 28.8. The van der Waals surface area contributed by atoms with E-state index in [1.54, 1.807) is 16.7 Å². The summed E-state index contributed by atoms with van der Waals surface area (Å²) in [5.74, 6) is 0.908. The zero-order valence-corrected chi connectivity index (χ0v) is 16.7. The standard InChI is InChI=1S/C20H18N2O6S/c1-12-5-3-4-6-14(12)26-10-18(23)21-20-22(9-19(24)25-2)13-7-15-16(28-11-27-15)8-17(13)29-20/h3-8H,9-11H2,1-2H3. The first-order valence-corrected chi connectivity index (χ1v) is 9.62. The number of esters is 1. The first-order valence-electron chi connectivity index (χ1n) is 8.81. The van der Waals surface area contributed by atoms with E-state index in [-0.39, 0.29) is 19.9 Å². The quantitative estimate of drug-likeness (QED) is 0.596. The molecule has 0 saturated carbocycles. The molecule has 1 aromatic heterocycles. The number of ether oxygens (including phenoxy) is 4. The molecule has 150 valence electrons. The SMILES string of the molecule is COC(=O)Cn1c(=NC(=O)COc2ccccc2C)sc2cc3c(cc21)OCO3. The van der Waals surface area contributed by atoms with E-state index in [2.05, 4.69) is 4.99 Å². The highest BCUT2D eigenvalue weighted by molar-refractivity contribution is 7.16. The van der Waals surface area contributed by atoms with Gasteiger partial charge in [-0.2, -0.15) is 4.99 Å². The molecule has 0 saturated heterocycles. The second-order valence-electron chi connectivity index (χ2n) is 6.28. The Kier molecular flexibility index (Phi) is 5.22. The maximum absolute atomic E-state index is 12.4. The Morgan fingerprint density at radius 3 is 2.72 bits per heavy atom. The lowest BCUT2D eigenvalue weighted by Gasteiger charge is -2.06. The molecule has 9 heteroatoms. The maximum atomic E-state index is 12.4. The number of rotatable bonds is 5. The zero-order valence-electron chi connectivity index (χ0n) is 15.8. The molecule has 2 heterocycles. The molecule has 1 aliphatic heterocycles. The fourth-order valence-corrected chi connectivity index (χ4v) is 3.95. The number of fused-ring (bicyclic) bond motifs is 2. The van der Waals surface area contributed by atoms with Gasteiger partial charge in [0.15, 0.2) is 22.9 Å². The summed E-state index contributed by atoms with van der Waals surface area (Å²) in [7, 11) is 1.31. The van der Waals surface area contributed by atoms with Gasteiger partial charge in [0.2, 0.25) is 6.79 Å². The molecule has 4 rings (SSSR count). The molecular formula is C20H18N2O6S. The number of hydrogen-bond donors (Lipinski definition) is 0. The van der Waals surface area contributed by atoms with E-state index in [1.807, 2.05) is 31.2 Å². The van der Waals surface area contributed by atoms with Crippen LogP contribution in [0.5, 0.6) is 17.2 Å². The Morgan fingerprint density at radius 1 is 1.21 bits per heavy atom. The van der Waals surface area contributed by atoms with Crippen molar-refractivity contribution < 1.29 is 28.5 Å². The first-order chi connectivity index (χ1) is 14.0. The van der Waals surface area contributed by atoms with Crippen molar-refractivity contribution in [2.75, 3.05) is 20.5 Å². The van der Waals surface area contributed by atoms with E-state index in [1.165, 1.54) is 18.4 Å². The monoisotopic (exact) mass is 414 g/mol. The molecule has 0 N–H and O–H groups in total. The predicted octanol–water partition coefficient (Wildman–Crippen LogP) is 2.42. The van der Waals surface area contributed by atoms with E-state index >= 15 is 0 Å². The molecular weight excluding hydrogens is 396 g/mol. The van der Waals surface area contributed by atoms with Crippen LogP contribution in [0.15, 0.2) is 41.4 Å². The number of carbonyl (C=O) groups is 2. The van der Waals surface area contributed by atoms with Crippen LogP contribution < -0.4 is 19.0 Å². The molecule has 1 aliphatic rings. The highest BCUT2D eigenvalue weighted by atomic mass is 32.1. The number of benzene rings is 2.